The maximum Gasteiger partial charge on any atom is 0.262 e. The van der Waals surface area contributed by atoms with Crippen LogP contribution in [0.4, 0.5) is 0 Å². The van der Waals surface area contributed by atoms with E-state index in [0.29, 0.717) is 19.6 Å². The zero-order chi connectivity index (χ0) is 21.1. The van der Waals surface area contributed by atoms with Gasteiger partial charge in [-0.25, -0.2) is 5.01 Å². The molecule has 1 aromatic heterocycles. The maximum absolute atomic E-state index is 13.3. The van der Waals surface area contributed by atoms with E-state index in [9.17, 15) is 9.59 Å². The fourth-order valence-electron chi connectivity index (χ4n) is 3.88. The highest BCUT2D eigenvalue weighted by Crippen LogP contribution is 2.34. The van der Waals surface area contributed by atoms with Gasteiger partial charge in [-0.05, 0) is 30.5 Å². The van der Waals surface area contributed by atoms with Crippen LogP contribution in [0.15, 0.2) is 53.8 Å². The minimum atomic E-state index is -0.177. The van der Waals surface area contributed by atoms with Crippen LogP contribution in [0.5, 0.6) is 0 Å². The number of benzene rings is 1. The molecule has 4 rings (SSSR count). The molecule has 0 bridgehead atoms. The van der Waals surface area contributed by atoms with Gasteiger partial charge >= 0.3 is 0 Å². The minimum Gasteiger partial charge on any atom is -0.383 e. The van der Waals surface area contributed by atoms with E-state index in [1.165, 1.54) is 0 Å². The van der Waals surface area contributed by atoms with E-state index in [1.54, 1.807) is 17.0 Å². The van der Waals surface area contributed by atoms with Gasteiger partial charge < -0.3 is 14.2 Å². The topological polar surface area (TPSA) is 67.1 Å². The molecule has 158 valence electrons. The summed E-state index contributed by atoms with van der Waals surface area (Å²) < 4.78 is 7.16. The Balaban J connectivity index is 1.58. The summed E-state index contributed by atoms with van der Waals surface area (Å²) >= 11 is 0. The number of carbonyl (C=O) groups is 2. The molecule has 7 nitrogen and oxygen atoms in total. The van der Waals surface area contributed by atoms with Crippen molar-refractivity contribution in [2.75, 3.05) is 26.8 Å². The van der Waals surface area contributed by atoms with E-state index in [2.05, 4.69) is 0 Å². The van der Waals surface area contributed by atoms with E-state index in [-0.39, 0.29) is 30.3 Å². The number of aryl methyl sites for hydroxylation is 1. The Morgan fingerprint density at radius 3 is 2.57 bits per heavy atom. The molecule has 1 atom stereocenters. The first-order chi connectivity index (χ1) is 14.6. The Bertz CT molecular complexity index is 933. The first-order valence-electron chi connectivity index (χ1n) is 10.4. The minimum absolute atomic E-state index is 0.0198. The van der Waals surface area contributed by atoms with Gasteiger partial charge in [0.15, 0.2) is 0 Å². The van der Waals surface area contributed by atoms with Crippen LogP contribution in [-0.4, -0.2) is 58.8 Å². The highest BCUT2D eigenvalue weighted by molar-refractivity contribution is 6.02. The van der Waals surface area contributed by atoms with Crippen molar-refractivity contribution in [2.24, 2.45) is 18.1 Å². The number of hydrazone groups is 1. The standard InChI is InChI=1S/C23H28N4O3/c1-25-12-6-9-20(25)19-15-21(17-7-4-3-5-8-17)27(24-19)22(28)16-26(13-14-30-2)23(29)18-10-11-18/h3-9,12,18,21H,10-11,13-16H2,1-2H3/t21-/m0/s1. The molecular formula is C23H28N4O3. The molecule has 1 aliphatic carbocycles. The lowest BCUT2D eigenvalue weighted by molar-refractivity contribution is -0.142. The van der Waals surface area contributed by atoms with Crippen molar-refractivity contribution in [3.05, 3.63) is 59.9 Å². The number of ether oxygens (including phenoxy) is 1. The van der Waals surface area contributed by atoms with E-state index in [0.717, 1.165) is 29.8 Å². The van der Waals surface area contributed by atoms with Gasteiger partial charge in [0.2, 0.25) is 5.91 Å². The SMILES string of the molecule is COCCN(CC(=O)N1N=C(c2cccn2C)C[C@H]1c1ccccc1)C(=O)C1CC1. The van der Waals surface area contributed by atoms with E-state index in [4.69, 9.17) is 9.84 Å². The lowest BCUT2D eigenvalue weighted by Gasteiger charge is -2.27. The Morgan fingerprint density at radius 2 is 1.93 bits per heavy atom. The number of hydrogen-bond donors (Lipinski definition) is 0. The summed E-state index contributed by atoms with van der Waals surface area (Å²) in [6.07, 6.45) is 4.42. The van der Waals surface area contributed by atoms with Crippen molar-refractivity contribution in [1.82, 2.24) is 14.5 Å². The molecule has 30 heavy (non-hydrogen) atoms. The summed E-state index contributed by atoms with van der Waals surface area (Å²) in [4.78, 5) is 27.6. The van der Waals surface area contributed by atoms with Gasteiger partial charge in [-0.2, -0.15) is 5.10 Å². The number of carbonyl (C=O) groups excluding carboxylic acids is 2. The number of hydrogen-bond acceptors (Lipinski definition) is 4. The van der Waals surface area contributed by atoms with E-state index >= 15 is 0 Å². The molecule has 2 heterocycles. The summed E-state index contributed by atoms with van der Waals surface area (Å²) in [5.74, 6) is -0.0683. The third kappa shape index (κ3) is 4.31. The van der Waals surface area contributed by atoms with Crippen LogP contribution in [0, 0.1) is 5.92 Å². The predicted octanol–water partition coefficient (Wildman–Crippen LogP) is 2.59. The number of methoxy groups -OCH3 is 1. The summed E-state index contributed by atoms with van der Waals surface area (Å²) in [6.45, 7) is 0.841. The summed E-state index contributed by atoms with van der Waals surface area (Å²) in [7, 11) is 3.57. The molecule has 1 saturated carbocycles. The second-order valence-electron chi connectivity index (χ2n) is 7.95. The van der Waals surface area contributed by atoms with Crippen molar-refractivity contribution >= 4 is 17.5 Å². The molecule has 0 unspecified atom stereocenters. The molecule has 7 heteroatoms. The molecule has 0 saturated heterocycles. The summed E-state index contributed by atoms with van der Waals surface area (Å²) in [6, 6.07) is 13.8. The Labute approximate surface area is 176 Å². The Kier molecular flexibility index (Phi) is 5.99. The van der Waals surface area contributed by atoms with Crippen LogP contribution in [0.2, 0.25) is 0 Å². The van der Waals surface area contributed by atoms with E-state index in [1.807, 2.05) is 60.3 Å². The molecule has 2 aromatic rings. The monoisotopic (exact) mass is 408 g/mol. The van der Waals surface area contributed by atoms with Gasteiger partial charge in [0.1, 0.15) is 6.54 Å². The van der Waals surface area contributed by atoms with Gasteiger partial charge in [-0.15, -0.1) is 0 Å². The second kappa shape index (κ2) is 8.83. The average Bonchev–Trinajstić information content (AvgIpc) is 3.38. The quantitative estimate of drug-likeness (QED) is 0.674. The third-order valence-electron chi connectivity index (χ3n) is 5.72. The Hall–Kier alpha value is -2.93. The first-order valence-corrected chi connectivity index (χ1v) is 10.4. The van der Waals surface area contributed by atoms with Gasteiger partial charge in [0.05, 0.1) is 24.1 Å². The first kappa shape index (κ1) is 20.3. The number of nitrogens with zero attached hydrogens (tertiary/aromatic N) is 4. The third-order valence-corrected chi connectivity index (χ3v) is 5.72. The van der Waals surface area contributed by atoms with Gasteiger partial charge in [0.25, 0.3) is 5.91 Å². The Morgan fingerprint density at radius 1 is 1.17 bits per heavy atom. The molecule has 1 fully saturated rings. The number of rotatable bonds is 8. The molecular weight excluding hydrogens is 380 g/mol. The molecule has 2 amide bonds. The maximum atomic E-state index is 13.3. The summed E-state index contributed by atoms with van der Waals surface area (Å²) in [5.41, 5.74) is 2.91. The normalized spacial score (nSPS) is 18.4. The fraction of sp³-hybridized carbons (Fsp3) is 0.435. The molecule has 1 aromatic carbocycles. The van der Waals surface area contributed by atoms with Crippen molar-refractivity contribution in [3.8, 4) is 0 Å². The number of aromatic nitrogens is 1. The van der Waals surface area contributed by atoms with Crippen LogP contribution >= 0.6 is 0 Å². The van der Waals surface area contributed by atoms with Gasteiger partial charge in [-0.1, -0.05) is 30.3 Å². The number of amides is 2. The smallest absolute Gasteiger partial charge is 0.262 e. The van der Waals surface area contributed by atoms with Crippen LogP contribution in [-0.2, 0) is 21.4 Å². The zero-order valence-electron chi connectivity index (χ0n) is 17.5. The largest absolute Gasteiger partial charge is 0.383 e. The molecule has 0 spiro atoms. The fourth-order valence-corrected chi connectivity index (χ4v) is 3.88. The van der Waals surface area contributed by atoms with Crippen LogP contribution in [0.1, 0.15) is 36.6 Å². The van der Waals surface area contributed by atoms with Gasteiger partial charge in [0, 0.05) is 39.2 Å². The second-order valence-corrected chi connectivity index (χ2v) is 7.95. The zero-order valence-corrected chi connectivity index (χ0v) is 17.5. The van der Waals surface area contributed by atoms with Crippen LogP contribution in [0.3, 0.4) is 0 Å². The van der Waals surface area contributed by atoms with Crippen LogP contribution in [0.25, 0.3) is 0 Å². The predicted molar refractivity (Wildman–Crippen MR) is 114 cm³/mol. The molecule has 0 radical (unpaired) electrons. The highest BCUT2D eigenvalue weighted by Gasteiger charge is 2.37. The highest BCUT2D eigenvalue weighted by atomic mass is 16.5. The van der Waals surface area contributed by atoms with Crippen molar-refractivity contribution in [1.29, 1.82) is 0 Å². The molecule has 2 aliphatic rings. The van der Waals surface area contributed by atoms with E-state index < -0.39 is 0 Å². The lowest BCUT2D eigenvalue weighted by atomic mass is 10.0. The summed E-state index contributed by atoms with van der Waals surface area (Å²) in [5, 5.41) is 6.28. The molecule has 0 N–H and O–H groups in total. The van der Waals surface area contributed by atoms with Crippen molar-refractivity contribution in [3.63, 3.8) is 0 Å². The van der Waals surface area contributed by atoms with Crippen molar-refractivity contribution < 1.29 is 14.3 Å². The van der Waals surface area contributed by atoms with Gasteiger partial charge in [-0.3, -0.25) is 9.59 Å². The van der Waals surface area contributed by atoms with Crippen molar-refractivity contribution in [2.45, 2.75) is 25.3 Å². The van der Waals surface area contributed by atoms with Crippen LogP contribution < -0.4 is 0 Å². The molecule has 1 aliphatic heterocycles. The average molecular weight is 409 g/mol. The lowest BCUT2D eigenvalue weighted by Crippen LogP contribution is -2.43.